The summed E-state index contributed by atoms with van der Waals surface area (Å²) in [4.78, 5) is 16.6. The lowest BCUT2D eigenvalue weighted by molar-refractivity contribution is -0.910. The van der Waals surface area contributed by atoms with Gasteiger partial charge in [0.2, 0.25) is 0 Å². The quantitative estimate of drug-likeness (QED) is 0.650. The van der Waals surface area contributed by atoms with Gasteiger partial charge in [0.25, 0.3) is 5.91 Å². The Hall–Kier alpha value is -2.02. The van der Waals surface area contributed by atoms with E-state index < -0.39 is 0 Å². The van der Waals surface area contributed by atoms with Gasteiger partial charge in [-0.2, -0.15) is 0 Å². The summed E-state index contributed by atoms with van der Waals surface area (Å²) in [7, 11) is 0. The third-order valence-corrected chi connectivity index (χ3v) is 7.02. The van der Waals surface area contributed by atoms with Crippen LogP contribution in [0.15, 0.2) is 59.3 Å². The summed E-state index contributed by atoms with van der Waals surface area (Å²) in [6.45, 7) is 1.49. The van der Waals surface area contributed by atoms with Gasteiger partial charge in [0.1, 0.15) is 11.9 Å². The largest absolute Gasteiger partial charge is 0.339 e. The third kappa shape index (κ3) is 4.29. The molecule has 0 saturated carbocycles. The average Bonchev–Trinajstić information content (AvgIpc) is 3.42. The molecule has 0 aliphatic carbocycles. The molecule has 1 unspecified atom stereocenters. The lowest BCUT2D eigenvalue weighted by atomic mass is 10.1. The maximum Gasteiger partial charge on any atom is 0.275 e. The minimum atomic E-state index is -0.268. The first kappa shape index (κ1) is 18.3. The molecular weight excluding hydrogens is 379 g/mol. The number of amides is 1. The molecular formula is C21H22FN2OS2+. The number of benzene rings is 1. The van der Waals surface area contributed by atoms with Crippen molar-refractivity contribution in [2.45, 2.75) is 24.9 Å². The second-order valence-corrected chi connectivity index (χ2v) is 8.82. The standard InChI is InChI=1S/C21H21FN2OS2/c22-16-9-7-15(8-10-16)21(19-6-3-13-27-19)23-20(25)14-24-11-1-4-17(24)18-5-2-12-26-18/h2-3,5-10,12-13,17,21H,1,4,11,14H2,(H,23,25)/p+1/t17-,21-/m0/s1. The number of thiophene rings is 2. The Morgan fingerprint density at radius 1 is 1.15 bits per heavy atom. The smallest absolute Gasteiger partial charge is 0.275 e. The molecule has 1 amide bonds. The third-order valence-electron chi connectivity index (χ3n) is 5.09. The van der Waals surface area contributed by atoms with E-state index >= 15 is 0 Å². The molecule has 3 atom stereocenters. The fourth-order valence-electron chi connectivity index (χ4n) is 3.80. The molecule has 0 bridgehead atoms. The molecule has 2 aromatic heterocycles. The molecule has 3 nitrogen and oxygen atoms in total. The number of nitrogens with one attached hydrogen (secondary N) is 2. The van der Waals surface area contributed by atoms with Crippen LogP contribution in [0.25, 0.3) is 0 Å². The van der Waals surface area contributed by atoms with E-state index in [0.29, 0.717) is 12.6 Å². The van der Waals surface area contributed by atoms with Crippen molar-refractivity contribution in [3.8, 4) is 0 Å². The van der Waals surface area contributed by atoms with E-state index in [1.54, 1.807) is 34.8 Å². The Labute approximate surface area is 166 Å². The van der Waals surface area contributed by atoms with Crippen LogP contribution in [-0.4, -0.2) is 19.0 Å². The number of quaternary nitrogens is 1. The molecule has 0 spiro atoms. The number of carbonyl (C=O) groups is 1. The van der Waals surface area contributed by atoms with Crippen molar-refractivity contribution in [1.29, 1.82) is 0 Å². The second-order valence-electron chi connectivity index (χ2n) is 6.86. The van der Waals surface area contributed by atoms with Gasteiger partial charge in [0, 0.05) is 17.7 Å². The fourth-order valence-corrected chi connectivity index (χ4v) is 5.53. The number of halogens is 1. The molecule has 27 heavy (non-hydrogen) atoms. The SMILES string of the molecule is O=C(C[NH+]1CCC[C@H]1c1cccs1)N[C@@H](c1ccc(F)cc1)c1cccs1. The van der Waals surface area contributed by atoms with Gasteiger partial charge in [0.15, 0.2) is 6.54 Å². The average molecular weight is 402 g/mol. The van der Waals surface area contributed by atoms with Crippen LogP contribution in [0.5, 0.6) is 0 Å². The summed E-state index contributed by atoms with van der Waals surface area (Å²) in [6.07, 6.45) is 2.28. The second kappa shape index (κ2) is 8.33. The molecule has 0 radical (unpaired) electrons. The molecule has 1 aromatic carbocycles. The molecule has 140 valence electrons. The van der Waals surface area contributed by atoms with E-state index in [-0.39, 0.29) is 17.8 Å². The monoisotopic (exact) mass is 401 g/mol. The highest BCUT2D eigenvalue weighted by Crippen LogP contribution is 2.26. The lowest BCUT2D eigenvalue weighted by Crippen LogP contribution is -3.11. The van der Waals surface area contributed by atoms with Gasteiger partial charge in [-0.25, -0.2) is 4.39 Å². The summed E-state index contributed by atoms with van der Waals surface area (Å²) in [5.41, 5.74) is 0.901. The topological polar surface area (TPSA) is 33.5 Å². The first-order chi connectivity index (χ1) is 13.2. The number of likely N-dealkylation sites (tertiary alicyclic amines) is 1. The number of carbonyl (C=O) groups excluding carboxylic acids is 1. The zero-order valence-corrected chi connectivity index (χ0v) is 16.5. The van der Waals surface area contributed by atoms with Crippen molar-refractivity contribution in [2.24, 2.45) is 0 Å². The molecule has 1 saturated heterocycles. The predicted molar refractivity (Wildman–Crippen MR) is 108 cm³/mol. The van der Waals surface area contributed by atoms with E-state index in [4.69, 9.17) is 0 Å². The predicted octanol–water partition coefficient (Wildman–Crippen LogP) is 3.57. The van der Waals surface area contributed by atoms with Gasteiger partial charge in [-0.15, -0.1) is 22.7 Å². The lowest BCUT2D eigenvalue weighted by Gasteiger charge is -2.23. The van der Waals surface area contributed by atoms with E-state index in [2.05, 4.69) is 22.8 Å². The Morgan fingerprint density at radius 2 is 1.93 bits per heavy atom. The minimum absolute atomic E-state index is 0.0381. The minimum Gasteiger partial charge on any atom is -0.339 e. The fraction of sp³-hybridized carbons (Fsp3) is 0.286. The zero-order valence-electron chi connectivity index (χ0n) is 14.9. The summed E-state index contributed by atoms with van der Waals surface area (Å²) < 4.78 is 13.3. The molecule has 1 aliphatic heterocycles. The first-order valence-corrected chi connectivity index (χ1v) is 10.9. The Morgan fingerprint density at radius 3 is 2.63 bits per heavy atom. The maximum atomic E-state index is 13.3. The molecule has 3 aromatic rings. The van der Waals surface area contributed by atoms with Crippen LogP contribution in [0.3, 0.4) is 0 Å². The van der Waals surface area contributed by atoms with Crippen molar-refractivity contribution in [3.63, 3.8) is 0 Å². The molecule has 1 aliphatic rings. The summed E-state index contributed by atoms with van der Waals surface area (Å²) in [6, 6.07) is 14.8. The van der Waals surface area contributed by atoms with Crippen molar-refractivity contribution in [3.05, 3.63) is 80.4 Å². The van der Waals surface area contributed by atoms with Crippen LogP contribution >= 0.6 is 22.7 Å². The van der Waals surface area contributed by atoms with Crippen LogP contribution in [0, 0.1) is 5.82 Å². The van der Waals surface area contributed by atoms with Crippen LogP contribution in [0.2, 0.25) is 0 Å². The summed E-state index contributed by atoms with van der Waals surface area (Å²) >= 11 is 3.37. The van der Waals surface area contributed by atoms with Crippen LogP contribution in [0.1, 0.15) is 40.2 Å². The van der Waals surface area contributed by atoms with Gasteiger partial charge in [-0.1, -0.05) is 24.3 Å². The van der Waals surface area contributed by atoms with Gasteiger partial charge < -0.3 is 10.2 Å². The van der Waals surface area contributed by atoms with Crippen LogP contribution in [0.4, 0.5) is 4.39 Å². The summed E-state index contributed by atoms with van der Waals surface area (Å²) in [5.74, 6) is -0.230. The number of hydrogen-bond donors (Lipinski definition) is 2. The zero-order chi connectivity index (χ0) is 18.6. The van der Waals surface area contributed by atoms with Gasteiger partial charge >= 0.3 is 0 Å². The van der Waals surface area contributed by atoms with Crippen LogP contribution in [-0.2, 0) is 4.79 Å². The Bertz CT molecular complexity index is 862. The van der Waals surface area contributed by atoms with E-state index in [0.717, 1.165) is 29.8 Å². The Balaban J connectivity index is 1.48. The van der Waals surface area contributed by atoms with Gasteiger partial charge in [-0.05, 0) is 40.6 Å². The van der Waals surface area contributed by atoms with Crippen molar-refractivity contribution < 1.29 is 14.1 Å². The van der Waals surface area contributed by atoms with E-state index in [1.807, 2.05) is 17.5 Å². The van der Waals surface area contributed by atoms with Gasteiger partial charge in [0.05, 0.1) is 17.5 Å². The van der Waals surface area contributed by atoms with Gasteiger partial charge in [-0.3, -0.25) is 4.79 Å². The maximum absolute atomic E-state index is 13.3. The number of hydrogen-bond acceptors (Lipinski definition) is 3. The van der Waals surface area contributed by atoms with Crippen LogP contribution < -0.4 is 10.2 Å². The number of rotatable bonds is 6. The molecule has 3 heterocycles. The highest BCUT2D eigenvalue weighted by molar-refractivity contribution is 7.10. The molecule has 1 fully saturated rings. The molecule has 4 rings (SSSR count). The highest BCUT2D eigenvalue weighted by atomic mass is 32.1. The molecule has 2 N–H and O–H groups in total. The van der Waals surface area contributed by atoms with E-state index in [9.17, 15) is 9.18 Å². The summed E-state index contributed by atoms with van der Waals surface area (Å²) in [5, 5.41) is 7.28. The van der Waals surface area contributed by atoms with Crippen molar-refractivity contribution in [2.75, 3.05) is 13.1 Å². The van der Waals surface area contributed by atoms with Crippen molar-refractivity contribution >= 4 is 28.6 Å². The van der Waals surface area contributed by atoms with Crippen molar-refractivity contribution in [1.82, 2.24) is 5.32 Å². The normalized spacial score (nSPS) is 20.5. The molecule has 6 heteroatoms. The first-order valence-electron chi connectivity index (χ1n) is 9.17. The van der Waals surface area contributed by atoms with E-state index in [1.165, 1.54) is 21.9 Å². The highest BCUT2D eigenvalue weighted by Gasteiger charge is 2.32. The Kier molecular flexibility index (Phi) is 5.66.